The molecule has 1 aromatic carbocycles. The Morgan fingerprint density at radius 3 is 2.84 bits per heavy atom. The number of halogens is 1. The average molecular weight is 471 g/mol. The second-order valence-electron chi connectivity index (χ2n) is 7.35. The minimum absolute atomic E-state index is 0.0581. The van der Waals surface area contributed by atoms with Crippen LogP contribution >= 0.6 is 22.9 Å². The van der Waals surface area contributed by atoms with Crippen LogP contribution in [0.1, 0.15) is 28.3 Å². The summed E-state index contributed by atoms with van der Waals surface area (Å²) in [4.78, 5) is 19.7. The highest BCUT2D eigenvalue weighted by Crippen LogP contribution is 2.39. The fraction of sp³-hybridized carbons (Fsp3) is 0.217. The van der Waals surface area contributed by atoms with E-state index < -0.39 is 5.91 Å². The van der Waals surface area contributed by atoms with E-state index in [0.29, 0.717) is 22.2 Å². The summed E-state index contributed by atoms with van der Waals surface area (Å²) in [6, 6.07) is 13.1. The van der Waals surface area contributed by atoms with Gasteiger partial charge in [-0.1, -0.05) is 29.8 Å². The number of pyridine rings is 1. The van der Waals surface area contributed by atoms with Gasteiger partial charge in [-0.3, -0.25) is 9.20 Å². The van der Waals surface area contributed by atoms with Crippen molar-refractivity contribution in [1.29, 1.82) is 0 Å². The van der Waals surface area contributed by atoms with Crippen LogP contribution in [0.2, 0.25) is 5.02 Å². The van der Waals surface area contributed by atoms with Gasteiger partial charge in [0.05, 0.1) is 29.1 Å². The third kappa shape index (κ3) is 4.29. The number of carbonyl (C=O) groups is 1. The van der Waals surface area contributed by atoms with Crippen molar-refractivity contribution < 1.29 is 14.6 Å². The highest BCUT2D eigenvalue weighted by Gasteiger charge is 2.21. The predicted molar refractivity (Wildman–Crippen MR) is 128 cm³/mol. The molecular formula is C23H23ClN4O3S. The number of primary amides is 1. The minimum atomic E-state index is -0.556. The Balaban J connectivity index is 1.72. The van der Waals surface area contributed by atoms with Crippen molar-refractivity contribution in [1.82, 2.24) is 9.38 Å². The molecule has 1 atom stereocenters. The summed E-state index contributed by atoms with van der Waals surface area (Å²) in [6.45, 7) is 2.45. The van der Waals surface area contributed by atoms with Crippen LogP contribution in [-0.4, -0.2) is 40.6 Å². The highest BCUT2D eigenvalue weighted by molar-refractivity contribution is 7.17. The topological polar surface area (TPSA) is 93.1 Å². The van der Waals surface area contributed by atoms with E-state index in [2.05, 4.69) is 4.98 Å². The van der Waals surface area contributed by atoms with E-state index in [1.54, 1.807) is 12.3 Å². The lowest BCUT2D eigenvalue weighted by Gasteiger charge is -2.18. The number of imidazole rings is 1. The molecule has 0 radical (unpaired) electrons. The van der Waals surface area contributed by atoms with E-state index in [0.717, 1.165) is 27.5 Å². The number of rotatable bonds is 8. The lowest BCUT2D eigenvalue weighted by atomic mass is 10.1. The molecule has 9 heteroatoms. The van der Waals surface area contributed by atoms with Gasteiger partial charge >= 0.3 is 0 Å². The van der Waals surface area contributed by atoms with Crippen LogP contribution in [0.15, 0.2) is 54.9 Å². The second-order valence-corrected chi connectivity index (χ2v) is 8.81. The molecule has 0 spiro atoms. The van der Waals surface area contributed by atoms with Gasteiger partial charge in [-0.25, -0.2) is 4.98 Å². The fourth-order valence-electron chi connectivity index (χ4n) is 3.48. The predicted octanol–water partition coefficient (Wildman–Crippen LogP) is 4.38. The average Bonchev–Trinajstić information content (AvgIpc) is 3.37. The SMILES string of the molecule is CC(Oc1cc(-c2cnc3ccc(N(C)CCO)cn23)sc1C(N)=O)c1ccccc1Cl. The first-order chi connectivity index (χ1) is 15.4. The number of fused-ring (bicyclic) bond motifs is 1. The first-order valence-corrected chi connectivity index (χ1v) is 11.2. The number of benzene rings is 1. The molecule has 3 N–H and O–H groups in total. The molecule has 0 bridgehead atoms. The molecule has 0 aliphatic heterocycles. The van der Waals surface area contributed by atoms with Gasteiger partial charge in [0.25, 0.3) is 5.91 Å². The van der Waals surface area contributed by atoms with Crippen molar-refractivity contribution >= 4 is 40.2 Å². The molecule has 32 heavy (non-hydrogen) atoms. The zero-order chi connectivity index (χ0) is 22.8. The molecular weight excluding hydrogens is 448 g/mol. The summed E-state index contributed by atoms with van der Waals surface area (Å²) in [7, 11) is 1.91. The maximum atomic E-state index is 12.1. The molecule has 7 nitrogen and oxygen atoms in total. The second kappa shape index (κ2) is 9.20. The van der Waals surface area contributed by atoms with Crippen molar-refractivity contribution in [3.05, 3.63) is 70.3 Å². The van der Waals surface area contributed by atoms with Gasteiger partial charge in [0.15, 0.2) is 0 Å². The first-order valence-electron chi connectivity index (χ1n) is 10.0. The van der Waals surface area contributed by atoms with Gasteiger partial charge in [0.1, 0.15) is 22.4 Å². The van der Waals surface area contributed by atoms with E-state index in [1.165, 1.54) is 11.3 Å². The van der Waals surface area contributed by atoms with E-state index >= 15 is 0 Å². The fourth-order valence-corrected chi connectivity index (χ4v) is 4.71. The number of aliphatic hydroxyl groups excluding tert-OH is 1. The number of nitrogens with two attached hydrogens (primary N) is 1. The van der Waals surface area contributed by atoms with E-state index in [9.17, 15) is 9.90 Å². The molecule has 0 saturated heterocycles. The van der Waals surface area contributed by atoms with Crippen molar-refractivity contribution in [3.8, 4) is 16.3 Å². The van der Waals surface area contributed by atoms with Crippen LogP contribution in [0.5, 0.6) is 5.75 Å². The van der Waals surface area contributed by atoms with Crippen molar-refractivity contribution in [2.75, 3.05) is 25.1 Å². The van der Waals surface area contributed by atoms with Crippen LogP contribution in [0, 0.1) is 0 Å². The quantitative estimate of drug-likeness (QED) is 0.398. The zero-order valence-electron chi connectivity index (χ0n) is 17.7. The van der Waals surface area contributed by atoms with Gasteiger partial charge in [-0.05, 0) is 25.1 Å². The van der Waals surface area contributed by atoms with E-state index in [1.807, 2.05) is 65.9 Å². The van der Waals surface area contributed by atoms with Gasteiger partial charge in [-0.15, -0.1) is 11.3 Å². The number of nitrogens with zero attached hydrogens (tertiary/aromatic N) is 3. The normalized spacial score (nSPS) is 12.1. The zero-order valence-corrected chi connectivity index (χ0v) is 19.2. The Morgan fingerprint density at radius 2 is 2.12 bits per heavy atom. The number of likely N-dealkylation sites (N-methyl/N-ethyl adjacent to an activating group) is 1. The summed E-state index contributed by atoms with van der Waals surface area (Å²) in [6.07, 6.45) is 3.33. The summed E-state index contributed by atoms with van der Waals surface area (Å²) in [5, 5.41) is 9.83. The first kappa shape index (κ1) is 22.1. The number of aliphatic hydroxyl groups is 1. The molecule has 3 heterocycles. The molecule has 166 valence electrons. The van der Waals surface area contributed by atoms with Crippen LogP contribution in [0.3, 0.4) is 0 Å². The number of hydrogen-bond acceptors (Lipinski definition) is 6. The van der Waals surface area contributed by atoms with E-state index in [-0.39, 0.29) is 12.7 Å². The molecule has 4 aromatic rings. The number of anilines is 1. The van der Waals surface area contributed by atoms with Crippen molar-refractivity contribution in [2.45, 2.75) is 13.0 Å². The lowest BCUT2D eigenvalue weighted by Crippen LogP contribution is -2.21. The summed E-state index contributed by atoms with van der Waals surface area (Å²) in [5.74, 6) is -0.145. The molecule has 0 saturated carbocycles. The number of hydrogen-bond donors (Lipinski definition) is 2. The molecule has 1 unspecified atom stereocenters. The molecule has 0 aliphatic carbocycles. The lowest BCUT2D eigenvalue weighted by molar-refractivity contribution is 0.0998. The van der Waals surface area contributed by atoms with Gasteiger partial charge in [0, 0.05) is 36.4 Å². The van der Waals surface area contributed by atoms with Crippen molar-refractivity contribution in [2.24, 2.45) is 5.73 Å². The van der Waals surface area contributed by atoms with Crippen molar-refractivity contribution in [3.63, 3.8) is 0 Å². The minimum Gasteiger partial charge on any atom is -0.484 e. The smallest absolute Gasteiger partial charge is 0.262 e. The van der Waals surface area contributed by atoms with Crippen LogP contribution in [0.25, 0.3) is 16.2 Å². The summed E-state index contributed by atoms with van der Waals surface area (Å²) >= 11 is 7.56. The largest absolute Gasteiger partial charge is 0.484 e. The molecule has 1 amide bonds. The number of carbonyl (C=O) groups excluding carboxylic acids is 1. The molecule has 3 aromatic heterocycles. The van der Waals surface area contributed by atoms with Gasteiger partial charge in [-0.2, -0.15) is 0 Å². The van der Waals surface area contributed by atoms with Crippen LogP contribution in [0.4, 0.5) is 5.69 Å². The van der Waals surface area contributed by atoms with Crippen LogP contribution < -0.4 is 15.4 Å². The Kier molecular flexibility index (Phi) is 6.36. The maximum Gasteiger partial charge on any atom is 0.262 e. The third-order valence-electron chi connectivity index (χ3n) is 5.19. The summed E-state index contributed by atoms with van der Waals surface area (Å²) < 4.78 is 8.06. The summed E-state index contributed by atoms with van der Waals surface area (Å²) in [5.41, 5.74) is 8.98. The third-order valence-corrected chi connectivity index (χ3v) is 6.68. The number of thiophene rings is 1. The van der Waals surface area contributed by atoms with Crippen LogP contribution in [-0.2, 0) is 0 Å². The Bertz CT molecular complexity index is 1270. The van der Waals surface area contributed by atoms with Gasteiger partial charge in [0.2, 0.25) is 0 Å². The molecule has 0 aliphatic rings. The van der Waals surface area contributed by atoms with E-state index in [4.69, 9.17) is 22.1 Å². The maximum absolute atomic E-state index is 12.1. The number of ether oxygens (including phenoxy) is 1. The monoisotopic (exact) mass is 470 g/mol. The standard InChI is InChI=1S/C23H23ClN4O3S/c1-14(16-5-3-4-6-17(16)24)31-19-11-20(32-22(19)23(25)30)18-12-26-21-8-7-15(13-28(18)21)27(2)9-10-29/h3-8,11-14,29H,9-10H2,1-2H3,(H2,25,30). The highest BCUT2D eigenvalue weighted by atomic mass is 35.5. The van der Waals surface area contributed by atoms with Gasteiger partial charge < -0.3 is 20.5 Å². The Hall–Kier alpha value is -3.07. The Labute approximate surface area is 194 Å². The molecule has 0 fully saturated rings. The number of amides is 1. The Morgan fingerprint density at radius 1 is 1.34 bits per heavy atom. The molecule has 4 rings (SSSR count). The number of aromatic nitrogens is 2.